The minimum absolute atomic E-state index is 0.241. The molecule has 2 aromatic carbocycles. The van der Waals surface area contributed by atoms with Gasteiger partial charge in [-0.1, -0.05) is 23.7 Å². The number of benzene rings is 2. The molecule has 27 heavy (non-hydrogen) atoms. The maximum atomic E-state index is 12.2. The standard InChI is InChI=1S/C19H14Br2ClNO3S/c1-2-23-18(24)16(27-19(23)25)9-12-7-14(20)17(15(21)8-12)26-10-11-3-5-13(22)6-4-11/h3-9H,2,10H2,1H3/b16-9+. The quantitative estimate of drug-likeness (QED) is 0.413. The molecule has 1 saturated heterocycles. The maximum absolute atomic E-state index is 12.2. The molecule has 1 heterocycles. The average molecular weight is 532 g/mol. The van der Waals surface area contributed by atoms with E-state index in [-0.39, 0.29) is 11.1 Å². The number of nitrogens with zero attached hydrogens (tertiary/aromatic N) is 1. The van der Waals surface area contributed by atoms with Crippen LogP contribution in [0.5, 0.6) is 5.75 Å². The van der Waals surface area contributed by atoms with Gasteiger partial charge in [-0.25, -0.2) is 0 Å². The van der Waals surface area contributed by atoms with Gasteiger partial charge in [0.15, 0.2) is 0 Å². The van der Waals surface area contributed by atoms with Crippen LogP contribution in [0, 0.1) is 0 Å². The Morgan fingerprint density at radius 1 is 1.15 bits per heavy atom. The van der Waals surface area contributed by atoms with Gasteiger partial charge in [0.1, 0.15) is 12.4 Å². The van der Waals surface area contributed by atoms with E-state index in [1.54, 1.807) is 13.0 Å². The Morgan fingerprint density at radius 3 is 2.33 bits per heavy atom. The van der Waals surface area contributed by atoms with E-state index in [9.17, 15) is 9.59 Å². The second kappa shape index (κ2) is 8.82. The van der Waals surface area contributed by atoms with E-state index in [4.69, 9.17) is 16.3 Å². The fourth-order valence-electron chi connectivity index (χ4n) is 2.46. The number of carbonyl (C=O) groups is 2. The van der Waals surface area contributed by atoms with Crippen molar-refractivity contribution in [3.63, 3.8) is 0 Å². The third-order valence-corrected chi connectivity index (χ3v) is 6.14. The van der Waals surface area contributed by atoms with Crippen LogP contribution >= 0.6 is 55.2 Å². The zero-order valence-electron chi connectivity index (χ0n) is 14.2. The Bertz CT molecular complexity index is 908. The zero-order valence-corrected chi connectivity index (χ0v) is 18.9. The number of rotatable bonds is 5. The molecule has 0 saturated carbocycles. The first-order chi connectivity index (χ1) is 12.9. The number of thioether (sulfide) groups is 1. The Kier molecular flexibility index (Phi) is 6.68. The van der Waals surface area contributed by atoms with Crippen LogP contribution in [0.2, 0.25) is 5.02 Å². The van der Waals surface area contributed by atoms with E-state index in [1.807, 2.05) is 36.4 Å². The van der Waals surface area contributed by atoms with E-state index in [0.29, 0.717) is 28.8 Å². The summed E-state index contributed by atoms with van der Waals surface area (Å²) in [6, 6.07) is 11.1. The molecule has 2 aromatic rings. The summed E-state index contributed by atoms with van der Waals surface area (Å²) in [6.45, 7) is 2.54. The lowest BCUT2D eigenvalue weighted by Crippen LogP contribution is -2.27. The van der Waals surface area contributed by atoms with Crippen LogP contribution in [0.4, 0.5) is 4.79 Å². The van der Waals surface area contributed by atoms with Crippen molar-refractivity contribution in [1.82, 2.24) is 4.90 Å². The van der Waals surface area contributed by atoms with E-state index in [2.05, 4.69) is 31.9 Å². The second-order valence-electron chi connectivity index (χ2n) is 5.65. The second-order valence-corrected chi connectivity index (χ2v) is 8.79. The molecule has 140 valence electrons. The molecule has 1 aliphatic rings. The summed E-state index contributed by atoms with van der Waals surface area (Å²) < 4.78 is 7.38. The van der Waals surface area contributed by atoms with Crippen LogP contribution in [-0.4, -0.2) is 22.6 Å². The summed E-state index contributed by atoms with van der Waals surface area (Å²) in [6.07, 6.45) is 1.71. The Balaban J connectivity index is 1.79. The average Bonchev–Trinajstić information content (AvgIpc) is 2.88. The lowest BCUT2D eigenvalue weighted by Gasteiger charge is -2.12. The minimum atomic E-state index is -0.261. The van der Waals surface area contributed by atoms with Crippen LogP contribution in [0.1, 0.15) is 18.1 Å². The van der Waals surface area contributed by atoms with E-state index in [1.165, 1.54) is 4.90 Å². The molecular formula is C19H14Br2ClNO3S. The third kappa shape index (κ3) is 4.77. The van der Waals surface area contributed by atoms with Gasteiger partial charge in [0.25, 0.3) is 11.1 Å². The summed E-state index contributed by atoms with van der Waals surface area (Å²) in [5.74, 6) is 0.395. The number of hydrogen-bond donors (Lipinski definition) is 0. The van der Waals surface area contributed by atoms with Crippen molar-refractivity contribution in [1.29, 1.82) is 0 Å². The van der Waals surface area contributed by atoms with Gasteiger partial charge in [-0.3, -0.25) is 14.5 Å². The molecule has 0 unspecified atom stereocenters. The monoisotopic (exact) mass is 529 g/mol. The van der Waals surface area contributed by atoms with Crippen LogP contribution in [0.25, 0.3) is 6.08 Å². The van der Waals surface area contributed by atoms with Gasteiger partial charge in [0, 0.05) is 11.6 Å². The molecule has 1 fully saturated rings. The van der Waals surface area contributed by atoms with Gasteiger partial charge in [0.05, 0.1) is 13.9 Å². The number of likely N-dealkylation sites (N-methyl/N-ethyl adjacent to an activating group) is 1. The first-order valence-corrected chi connectivity index (χ1v) is 10.8. The van der Waals surface area contributed by atoms with Crippen molar-refractivity contribution in [2.75, 3.05) is 6.54 Å². The van der Waals surface area contributed by atoms with Gasteiger partial charge in [0.2, 0.25) is 0 Å². The Morgan fingerprint density at radius 2 is 1.78 bits per heavy atom. The molecule has 0 spiro atoms. The van der Waals surface area contributed by atoms with E-state index >= 15 is 0 Å². The predicted molar refractivity (Wildman–Crippen MR) is 116 cm³/mol. The van der Waals surface area contributed by atoms with Gasteiger partial charge >= 0.3 is 0 Å². The molecular weight excluding hydrogens is 518 g/mol. The SMILES string of the molecule is CCN1C(=O)S/C(=C/c2cc(Br)c(OCc3ccc(Cl)cc3)c(Br)c2)C1=O. The lowest BCUT2D eigenvalue weighted by atomic mass is 10.2. The first-order valence-electron chi connectivity index (χ1n) is 8.00. The normalized spacial score (nSPS) is 15.7. The predicted octanol–water partition coefficient (Wildman–Crippen LogP) is 6.50. The molecule has 0 aromatic heterocycles. The topological polar surface area (TPSA) is 46.6 Å². The fourth-order valence-corrected chi connectivity index (χ4v) is 4.94. The van der Waals surface area contributed by atoms with Gasteiger partial charge < -0.3 is 4.74 Å². The van der Waals surface area contributed by atoms with Crippen LogP contribution in [-0.2, 0) is 11.4 Å². The number of halogens is 3. The molecule has 0 atom stereocenters. The van der Waals surface area contributed by atoms with E-state index < -0.39 is 0 Å². The smallest absolute Gasteiger partial charge is 0.293 e. The zero-order chi connectivity index (χ0) is 19.6. The number of hydrogen-bond acceptors (Lipinski definition) is 4. The Hall–Kier alpha value is -1.28. The largest absolute Gasteiger partial charge is 0.487 e. The van der Waals surface area contributed by atoms with Crippen molar-refractivity contribution in [3.05, 3.63) is 66.4 Å². The molecule has 1 aliphatic heterocycles. The number of carbonyl (C=O) groups excluding carboxylic acids is 2. The maximum Gasteiger partial charge on any atom is 0.293 e. The molecule has 0 aliphatic carbocycles. The summed E-state index contributed by atoms with van der Waals surface area (Å²) in [5, 5.41) is 0.438. The van der Waals surface area contributed by atoms with E-state index in [0.717, 1.165) is 31.8 Å². The molecule has 4 nitrogen and oxygen atoms in total. The van der Waals surface area contributed by atoms with Gasteiger partial charge in [-0.2, -0.15) is 0 Å². The molecule has 2 amide bonds. The van der Waals surface area contributed by atoms with Crippen molar-refractivity contribution < 1.29 is 14.3 Å². The van der Waals surface area contributed by atoms with Crippen molar-refractivity contribution in [3.8, 4) is 5.75 Å². The van der Waals surface area contributed by atoms with Crippen LogP contribution < -0.4 is 4.74 Å². The lowest BCUT2D eigenvalue weighted by molar-refractivity contribution is -0.122. The highest BCUT2D eigenvalue weighted by atomic mass is 79.9. The summed E-state index contributed by atoms with van der Waals surface area (Å²) >= 11 is 13.9. The number of imide groups is 1. The summed E-state index contributed by atoms with van der Waals surface area (Å²) in [5.41, 5.74) is 1.78. The molecule has 3 rings (SSSR count). The molecule has 8 heteroatoms. The summed E-state index contributed by atoms with van der Waals surface area (Å²) in [7, 11) is 0. The van der Waals surface area contributed by atoms with Gasteiger partial charge in [-0.05, 0) is 92.0 Å². The third-order valence-electron chi connectivity index (χ3n) is 3.80. The van der Waals surface area contributed by atoms with Gasteiger partial charge in [-0.15, -0.1) is 0 Å². The molecule has 0 radical (unpaired) electrons. The first kappa shape index (κ1) is 20.5. The van der Waals surface area contributed by atoms with Crippen molar-refractivity contribution >= 4 is 72.4 Å². The van der Waals surface area contributed by atoms with Crippen LogP contribution in [0.3, 0.4) is 0 Å². The fraction of sp³-hybridized carbons (Fsp3) is 0.158. The van der Waals surface area contributed by atoms with Crippen molar-refractivity contribution in [2.45, 2.75) is 13.5 Å². The number of amides is 2. The Labute approximate surface area is 183 Å². The number of ether oxygens (including phenoxy) is 1. The van der Waals surface area contributed by atoms with Crippen LogP contribution in [0.15, 0.2) is 50.2 Å². The highest BCUT2D eigenvalue weighted by Gasteiger charge is 2.33. The minimum Gasteiger partial charge on any atom is -0.487 e. The highest BCUT2D eigenvalue weighted by molar-refractivity contribution is 9.11. The highest BCUT2D eigenvalue weighted by Crippen LogP contribution is 2.38. The van der Waals surface area contributed by atoms with Crippen molar-refractivity contribution in [2.24, 2.45) is 0 Å². The molecule has 0 N–H and O–H groups in total. The summed E-state index contributed by atoms with van der Waals surface area (Å²) in [4.78, 5) is 25.7. The molecule has 0 bridgehead atoms.